The van der Waals surface area contributed by atoms with Crippen LogP contribution in [0, 0.1) is 0 Å². The maximum Gasteiger partial charge on any atom is 0.164 e. The Morgan fingerprint density at radius 3 is 2.78 bits per heavy atom. The standard InChI is InChI=1S/C16H16N2O4S/c19-7-12-14(20)15(21)16(22-12)18-8-17-10-6-9(3-4-11(10)18)13-2-1-5-23-13/h1-6,8,12,14-16,19-21H,7H2/t12-,14-,15-,16-/m1/s1. The summed E-state index contributed by atoms with van der Waals surface area (Å²) in [6.07, 6.45) is -2.20. The predicted octanol–water partition coefficient (Wildman–Crippen LogP) is 1.38. The topological polar surface area (TPSA) is 87.7 Å². The minimum atomic E-state index is -1.12. The van der Waals surface area contributed by atoms with Gasteiger partial charge in [0.25, 0.3) is 0 Å². The Kier molecular flexibility index (Phi) is 3.67. The average Bonchev–Trinajstić information content (AvgIpc) is 3.28. The predicted molar refractivity (Wildman–Crippen MR) is 86.1 cm³/mol. The second kappa shape index (κ2) is 5.70. The fraction of sp³-hybridized carbons (Fsp3) is 0.312. The minimum Gasteiger partial charge on any atom is -0.394 e. The number of hydrogen-bond donors (Lipinski definition) is 3. The van der Waals surface area contributed by atoms with Gasteiger partial charge in [0.1, 0.15) is 18.3 Å². The van der Waals surface area contributed by atoms with Gasteiger partial charge in [-0.15, -0.1) is 11.3 Å². The SMILES string of the molecule is OC[C@H]1O[C@@H](n2cnc3cc(-c4cccs4)ccc32)[C@H](O)[C@@H]1O. The lowest BCUT2D eigenvalue weighted by molar-refractivity contribution is -0.0508. The first-order valence-electron chi connectivity index (χ1n) is 7.32. The van der Waals surface area contributed by atoms with Gasteiger partial charge in [-0.25, -0.2) is 4.98 Å². The minimum absolute atomic E-state index is 0.343. The third-order valence-corrected chi connectivity index (χ3v) is 5.09. The molecule has 0 radical (unpaired) electrons. The van der Waals surface area contributed by atoms with Crippen molar-refractivity contribution in [1.29, 1.82) is 0 Å². The van der Waals surface area contributed by atoms with Crippen LogP contribution < -0.4 is 0 Å². The molecule has 1 fully saturated rings. The highest BCUT2D eigenvalue weighted by Gasteiger charge is 2.43. The third-order valence-electron chi connectivity index (χ3n) is 4.17. The molecule has 4 rings (SSSR count). The molecule has 23 heavy (non-hydrogen) atoms. The summed E-state index contributed by atoms with van der Waals surface area (Å²) in [6.45, 7) is -0.343. The van der Waals surface area contributed by atoms with Crippen molar-refractivity contribution in [2.45, 2.75) is 24.5 Å². The summed E-state index contributed by atoms with van der Waals surface area (Å²) in [5.41, 5.74) is 2.67. The van der Waals surface area contributed by atoms with E-state index in [0.29, 0.717) is 0 Å². The zero-order valence-corrected chi connectivity index (χ0v) is 12.9. The molecule has 0 unspecified atom stereocenters. The van der Waals surface area contributed by atoms with Gasteiger partial charge in [-0.1, -0.05) is 12.1 Å². The van der Waals surface area contributed by atoms with Crippen molar-refractivity contribution in [1.82, 2.24) is 9.55 Å². The Morgan fingerprint density at radius 2 is 2.09 bits per heavy atom. The number of aliphatic hydroxyl groups is 3. The van der Waals surface area contributed by atoms with Gasteiger partial charge in [0.15, 0.2) is 6.23 Å². The largest absolute Gasteiger partial charge is 0.394 e. The summed E-state index contributed by atoms with van der Waals surface area (Å²) in [4.78, 5) is 5.54. The number of aromatic nitrogens is 2. The first-order chi connectivity index (χ1) is 11.2. The molecule has 1 aliphatic heterocycles. The lowest BCUT2D eigenvalue weighted by Crippen LogP contribution is -2.33. The van der Waals surface area contributed by atoms with E-state index in [9.17, 15) is 15.3 Å². The molecular weight excluding hydrogens is 316 g/mol. The Hall–Kier alpha value is -1.77. The smallest absolute Gasteiger partial charge is 0.164 e. The van der Waals surface area contributed by atoms with Crippen LogP contribution in [-0.4, -0.2) is 49.8 Å². The number of imidazole rings is 1. The van der Waals surface area contributed by atoms with Crippen LogP contribution in [0.3, 0.4) is 0 Å². The molecule has 0 aliphatic carbocycles. The monoisotopic (exact) mass is 332 g/mol. The van der Waals surface area contributed by atoms with Crippen LogP contribution in [0.4, 0.5) is 0 Å². The average molecular weight is 332 g/mol. The zero-order valence-electron chi connectivity index (χ0n) is 12.1. The van der Waals surface area contributed by atoms with Crippen LogP contribution in [0.25, 0.3) is 21.5 Å². The molecule has 120 valence electrons. The fourth-order valence-electron chi connectivity index (χ4n) is 2.94. The van der Waals surface area contributed by atoms with Crippen molar-refractivity contribution in [3.05, 3.63) is 42.0 Å². The Labute approximate surface area is 136 Å². The maximum atomic E-state index is 10.2. The van der Waals surface area contributed by atoms with Gasteiger partial charge >= 0.3 is 0 Å². The first-order valence-corrected chi connectivity index (χ1v) is 8.20. The van der Waals surface area contributed by atoms with Crippen LogP contribution >= 0.6 is 11.3 Å². The summed E-state index contributed by atoms with van der Waals surface area (Å²) < 4.78 is 7.26. The van der Waals surface area contributed by atoms with Crippen LogP contribution in [0.1, 0.15) is 6.23 Å². The van der Waals surface area contributed by atoms with Crippen LogP contribution in [0.5, 0.6) is 0 Å². The quantitative estimate of drug-likeness (QED) is 0.674. The first kappa shape index (κ1) is 14.8. The summed E-state index contributed by atoms with van der Waals surface area (Å²) >= 11 is 1.66. The number of fused-ring (bicyclic) bond motifs is 1. The van der Waals surface area contributed by atoms with E-state index >= 15 is 0 Å². The van der Waals surface area contributed by atoms with Gasteiger partial charge in [0, 0.05) is 4.88 Å². The number of ether oxygens (including phenoxy) is 1. The molecular formula is C16H16N2O4S. The second-order valence-electron chi connectivity index (χ2n) is 5.56. The van der Waals surface area contributed by atoms with Crippen molar-refractivity contribution >= 4 is 22.4 Å². The number of benzene rings is 1. The fourth-order valence-corrected chi connectivity index (χ4v) is 3.66. The second-order valence-corrected chi connectivity index (χ2v) is 6.51. The Morgan fingerprint density at radius 1 is 1.22 bits per heavy atom. The number of aliphatic hydroxyl groups excluding tert-OH is 3. The molecule has 0 bridgehead atoms. The van der Waals surface area contributed by atoms with E-state index in [4.69, 9.17) is 4.74 Å². The van der Waals surface area contributed by atoms with Crippen molar-refractivity contribution in [3.63, 3.8) is 0 Å². The highest BCUT2D eigenvalue weighted by atomic mass is 32.1. The van der Waals surface area contributed by atoms with Gasteiger partial charge in [0.2, 0.25) is 0 Å². The van der Waals surface area contributed by atoms with Crippen LogP contribution in [0.2, 0.25) is 0 Å². The molecule has 3 heterocycles. The Balaban J connectivity index is 1.72. The molecule has 3 aromatic rings. The van der Waals surface area contributed by atoms with E-state index in [1.807, 2.05) is 29.6 Å². The normalized spacial score (nSPS) is 27.8. The zero-order chi connectivity index (χ0) is 16.0. The maximum absolute atomic E-state index is 10.2. The lowest BCUT2D eigenvalue weighted by Gasteiger charge is -2.17. The molecule has 0 spiro atoms. The van der Waals surface area contributed by atoms with Gasteiger partial charge in [-0.3, -0.25) is 0 Å². The number of nitrogens with zero attached hydrogens (tertiary/aromatic N) is 2. The highest BCUT2D eigenvalue weighted by Crippen LogP contribution is 2.33. The molecule has 2 aromatic heterocycles. The van der Waals surface area contributed by atoms with Crippen LogP contribution in [0.15, 0.2) is 42.0 Å². The van der Waals surface area contributed by atoms with E-state index in [-0.39, 0.29) is 6.61 Å². The van der Waals surface area contributed by atoms with Crippen LogP contribution in [-0.2, 0) is 4.74 Å². The molecule has 1 aromatic carbocycles. The molecule has 0 saturated carbocycles. The lowest BCUT2D eigenvalue weighted by atomic mass is 10.1. The van der Waals surface area contributed by atoms with Crippen molar-refractivity contribution in [3.8, 4) is 10.4 Å². The van der Waals surface area contributed by atoms with E-state index in [1.165, 1.54) is 0 Å². The third kappa shape index (κ3) is 2.37. The Bertz CT molecular complexity index is 817. The van der Waals surface area contributed by atoms with E-state index in [2.05, 4.69) is 11.1 Å². The summed E-state index contributed by atoms with van der Waals surface area (Å²) in [5.74, 6) is 0. The molecule has 4 atom stereocenters. The number of rotatable bonds is 3. The molecule has 3 N–H and O–H groups in total. The van der Waals surface area contributed by atoms with E-state index < -0.39 is 24.5 Å². The summed E-state index contributed by atoms with van der Waals surface area (Å²) in [7, 11) is 0. The van der Waals surface area contributed by atoms with Crippen molar-refractivity contribution < 1.29 is 20.1 Å². The molecule has 6 nitrogen and oxygen atoms in total. The van der Waals surface area contributed by atoms with Crippen molar-refractivity contribution in [2.24, 2.45) is 0 Å². The highest BCUT2D eigenvalue weighted by molar-refractivity contribution is 7.13. The van der Waals surface area contributed by atoms with Gasteiger partial charge in [0.05, 0.1) is 24.0 Å². The van der Waals surface area contributed by atoms with E-state index in [0.717, 1.165) is 21.5 Å². The molecule has 7 heteroatoms. The number of hydrogen-bond acceptors (Lipinski definition) is 6. The van der Waals surface area contributed by atoms with Gasteiger partial charge < -0.3 is 24.6 Å². The van der Waals surface area contributed by atoms with Gasteiger partial charge in [-0.05, 0) is 29.1 Å². The summed E-state index contributed by atoms with van der Waals surface area (Å²) in [6, 6.07) is 9.95. The number of thiophene rings is 1. The summed E-state index contributed by atoms with van der Waals surface area (Å²) in [5, 5.41) is 31.3. The molecule has 0 amide bonds. The van der Waals surface area contributed by atoms with E-state index in [1.54, 1.807) is 22.2 Å². The van der Waals surface area contributed by atoms with Crippen molar-refractivity contribution in [2.75, 3.05) is 6.61 Å². The molecule has 1 aliphatic rings. The molecule has 1 saturated heterocycles. The van der Waals surface area contributed by atoms with Gasteiger partial charge in [-0.2, -0.15) is 0 Å².